The highest BCUT2D eigenvalue weighted by Gasteiger charge is 2.03. The lowest BCUT2D eigenvalue weighted by Gasteiger charge is -2.11. The van der Waals surface area contributed by atoms with Gasteiger partial charge in [0.05, 0.1) is 0 Å². The molecule has 0 bridgehead atoms. The standard InChI is InChI=1S/C14H15FN2/c1-10-3-2-4-13(7-10)17-14-6-5-12(15)8-11(14)9-16/h2-8,17H,9,16H2,1H3. The van der Waals surface area contributed by atoms with Crippen molar-refractivity contribution in [2.24, 2.45) is 5.73 Å². The Morgan fingerprint density at radius 2 is 2.00 bits per heavy atom. The lowest BCUT2D eigenvalue weighted by Crippen LogP contribution is -2.02. The van der Waals surface area contributed by atoms with Gasteiger partial charge in [-0.1, -0.05) is 12.1 Å². The Morgan fingerprint density at radius 3 is 2.71 bits per heavy atom. The molecule has 0 aliphatic carbocycles. The molecule has 0 aliphatic rings. The third kappa shape index (κ3) is 2.82. The van der Waals surface area contributed by atoms with Gasteiger partial charge in [0.2, 0.25) is 0 Å². The van der Waals surface area contributed by atoms with Gasteiger partial charge in [-0.25, -0.2) is 4.39 Å². The molecule has 0 heterocycles. The fraction of sp³-hybridized carbons (Fsp3) is 0.143. The lowest BCUT2D eigenvalue weighted by molar-refractivity contribution is 0.626. The van der Waals surface area contributed by atoms with Gasteiger partial charge in [0.15, 0.2) is 0 Å². The van der Waals surface area contributed by atoms with Crippen molar-refractivity contribution in [3.63, 3.8) is 0 Å². The van der Waals surface area contributed by atoms with E-state index in [1.165, 1.54) is 17.7 Å². The van der Waals surface area contributed by atoms with Crippen molar-refractivity contribution in [1.82, 2.24) is 0 Å². The molecule has 0 atom stereocenters. The van der Waals surface area contributed by atoms with Crippen LogP contribution in [-0.4, -0.2) is 0 Å². The van der Waals surface area contributed by atoms with Crippen LogP contribution in [0.15, 0.2) is 42.5 Å². The highest BCUT2D eigenvalue weighted by Crippen LogP contribution is 2.22. The van der Waals surface area contributed by atoms with Gasteiger partial charge in [-0.3, -0.25) is 0 Å². The smallest absolute Gasteiger partial charge is 0.123 e. The Balaban J connectivity index is 2.29. The number of hydrogen-bond donors (Lipinski definition) is 2. The maximum atomic E-state index is 13.1. The minimum Gasteiger partial charge on any atom is -0.355 e. The SMILES string of the molecule is Cc1cccc(Nc2ccc(F)cc2CN)c1. The first-order valence-electron chi connectivity index (χ1n) is 5.51. The van der Waals surface area contributed by atoms with Crippen molar-refractivity contribution in [1.29, 1.82) is 0 Å². The maximum absolute atomic E-state index is 13.1. The van der Waals surface area contributed by atoms with Crippen LogP contribution in [0.25, 0.3) is 0 Å². The Kier molecular flexibility index (Phi) is 3.40. The summed E-state index contributed by atoms with van der Waals surface area (Å²) >= 11 is 0. The van der Waals surface area contributed by atoms with Crippen LogP contribution in [0.3, 0.4) is 0 Å². The average molecular weight is 230 g/mol. The molecule has 0 saturated carbocycles. The van der Waals surface area contributed by atoms with Gasteiger partial charge in [-0.15, -0.1) is 0 Å². The summed E-state index contributed by atoms with van der Waals surface area (Å²) in [6.07, 6.45) is 0. The van der Waals surface area contributed by atoms with Gasteiger partial charge in [0.25, 0.3) is 0 Å². The minimum atomic E-state index is -0.264. The summed E-state index contributed by atoms with van der Waals surface area (Å²) in [5.41, 5.74) is 9.36. The number of nitrogens with two attached hydrogens (primary N) is 1. The van der Waals surface area contributed by atoms with Gasteiger partial charge in [0.1, 0.15) is 5.82 Å². The summed E-state index contributed by atoms with van der Waals surface area (Å²) in [6.45, 7) is 2.34. The fourth-order valence-corrected chi connectivity index (χ4v) is 1.73. The second-order valence-corrected chi connectivity index (χ2v) is 4.00. The van der Waals surface area contributed by atoms with Gasteiger partial charge in [0, 0.05) is 17.9 Å². The molecular weight excluding hydrogens is 215 g/mol. The molecule has 3 heteroatoms. The molecule has 2 rings (SSSR count). The molecule has 2 aromatic rings. The number of halogens is 1. The molecule has 17 heavy (non-hydrogen) atoms. The minimum absolute atomic E-state index is 0.264. The van der Waals surface area contributed by atoms with E-state index in [2.05, 4.69) is 5.32 Å². The molecule has 0 amide bonds. The van der Waals surface area contributed by atoms with E-state index in [1.54, 1.807) is 6.07 Å². The van der Waals surface area contributed by atoms with E-state index >= 15 is 0 Å². The molecule has 0 aromatic heterocycles. The molecule has 2 aromatic carbocycles. The summed E-state index contributed by atoms with van der Waals surface area (Å²) in [6, 6.07) is 12.6. The van der Waals surface area contributed by atoms with E-state index in [0.717, 1.165) is 16.9 Å². The first-order chi connectivity index (χ1) is 8.19. The van der Waals surface area contributed by atoms with Gasteiger partial charge in [-0.2, -0.15) is 0 Å². The van der Waals surface area contributed by atoms with E-state index in [1.807, 2.05) is 31.2 Å². The predicted octanol–water partition coefficient (Wildman–Crippen LogP) is 3.34. The van der Waals surface area contributed by atoms with Crippen molar-refractivity contribution < 1.29 is 4.39 Å². The third-order valence-corrected chi connectivity index (χ3v) is 2.58. The Bertz CT molecular complexity index is 523. The first kappa shape index (κ1) is 11.6. The largest absolute Gasteiger partial charge is 0.355 e. The molecule has 0 unspecified atom stereocenters. The summed E-state index contributed by atoms with van der Waals surface area (Å²) in [7, 11) is 0. The van der Waals surface area contributed by atoms with Crippen molar-refractivity contribution in [3.05, 3.63) is 59.4 Å². The van der Waals surface area contributed by atoms with Crippen LogP contribution in [0, 0.1) is 12.7 Å². The molecule has 0 fully saturated rings. The van der Waals surface area contributed by atoms with Crippen LogP contribution in [0.5, 0.6) is 0 Å². The zero-order valence-electron chi connectivity index (χ0n) is 9.70. The number of benzene rings is 2. The fourth-order valence-electron chi connectivity index (χ4n) is 1.73. The van der Waals surface area contributed by atoms with Crippen LogP contribution < -0.4 is 11.1 Å². The molecule has 3 N–H and O–H groups in total. The van der Waals surface area contributed by atoms with E-state index in [0.29, 0.717) is 6.54 Å². The number of rotatable bonds is 3. The zero-order chi connectivity index (χ0) is 12.3. The third-order valence-electron chi connectivity index (χ3n) is 2.58. The van der Waals surface area contributed by atoms with E-state index in [-0.39, 0.29) is 5.82 Å². The number of aryl methyl sites for hydroxylation is 1. The molecular formula is C14H15FN2. The monoisotopic (exact) mass is 230 g/mol. The van der Waals surface area contributed by atoms with Crippen LogP contribution >= 0.6 is 0 Å². The van der Waals surface area contributed by atoms with Crippen LogP contribution in [0.4, 0.5) is 15.8 Å². The first-order valence-corrected chi connectivity index (χ1v) is 5.51. The van der Waals surface area contributed by atoms with Gasteiger partial charge < -0.3 is 11.1 Å². The number of hydrogen-bond acceptors (Lipinski definition) is 2. The maximum Gasteiger partial charge on any atom is 0.123 e. The van der Waals surface area contributed by atoms with Gasteiger partial charge in [-0.05, 0) is 48.4 Å². The highest BCUT2D eigenvalue weighted by atomic mass is 19.1. The van der Waals surface area contributed by atoms with Crippen molar-refractivity contribution in [2.75, 3.05) is 5.32 Å². The molecule has 2 nitrogen and oxygen atoms in total. The Labute approximate surface area is 100 Å². The lowest BCUT2D eigenvalue weighted by atomic mass is 10.1. The summed E-state index contributed by atoms with van der Waals surface area (Å²) in [5, 5.41) is 3.24. The highest BCUT2D eigenvalue weighted by molar-refractivity contribution is 5.63. The Hall–Kier alpha value is -1.87. The molecule has 0 saturated heterocycles. The zero-order valence-corrected chi connectivity index (χ0v) is 9.70. The normalized spacial score (nSPS) is 10.3. The second kappa shape index (κ2) is 4.97. The summed E-state index contributed by atoms with van der Waals surface area (Å²) < 4.78 is 13.1. The molecule has 0 aliphatic heterocycles. The van der Waals surface area contributed by atoms with Gasteiger partial charge >= 0.3 is 0 Å². The quantitative estimate of drug-likeness (QED) is 0.848. The molecule has 88 valence electrons. The topological polar surface area (TPSA) is 38.0 Å². The average Bonchev–Trinajstić information content (AvgIpc) is 2.31. The molecule has 0 radical (unpaired) electrons. The number of anilines is 2. The van der Waals surface area contributed by atoms with E-state index in [4.69, 9.17) is 5.73 Å². The van der Waals surface area contributed by atoms with E-state index in [9.17, 15) is 4.39 Å². The predicted molar refractivity (Wildman–Crippen MR) is 68.8 cm³/mol. The van der Waals surface area contributed by atoms with Crippen molar-refractivity contribution in [2.45, 2.75) is 13.5 Å². The van der Waals surface area contributed by atoms with Crippen LogP contribution in [-0.2, 0) is 6.54 Å². The van der Waals surface area contributed by atoms with Crippen LogP contribution in [0.1, 0.15) is 11.1 Å². The molecule has 0 spiro atoms. The van der Waals surface area contributed by atoms with Crippen LogP contribution in [0.2, 0.25) is 0 Å². The van der Waals surface area contributed by atoms with E-state index < -0.39 is 0 Å². The Morgan fingerprint density at radius 1 is 1.18 bits per heavy atom. The second-order valence-electron chi connectivity index (χ2n) is 4.00. The van der Waals surface area contributed by atoms with Crippen molar-refractivity contribution >= 4 is 11.4 Å². The summed E-state index contributed by atoms with van der Waals surface area (Å²) in [5.74, 6) is -0.264. The number of nitrogens with one attached hydrogen (secondary N) is 1. The van der Waals surface area contributed by atoms with Crippen molar-refractivity contribution in [3.8, 4) is 0 Å². The summed E-state index contributed by atoms with van der Waals surface area (Å²) in [4.78, 5) is 0.